The summed E-state index contributed by atoms with van der Waals surface area (Å²) in [6.07, 6.45) is 6.67. The predicted octanol–water partition coefficient (Wildman–Crippen LogP) is 6.92. The number of nitrogens with one attached hydrogen (secondary N) is 2. The molecule has 0 saturated heterocycles. The highest BCUT2D eigenvalue weighted by molar-refractivity contribution is 6.31. The predicted molar refractivity (Wildman–Crippen MR) is 138 cm³/mol. The Bertz CT molecular complexity index is 975. The van der Waals surface area contributed by atoms with Crippen LogP contribution in [-0.4, -0.2) is 25.8 Å². The summed E-state index contributed by atoms with van der Waals surface area (Å²) in [7, 11) is 1.63. The quantitative estimate of drug-likeness (QED) is 0.265. The number of fused-ring (bicyclic) bond motifs is 1. The average molecular weight is 491 g/mol. The molecule has 34 heavy (non-hydrogen) atoms. The first kappa shape index (κ1) is 27.6. The minimum Gasteiger partial charge on any atom is -0.493 e. The molecule has 0 radical (unpaired) electrons. The van der Waals surface area contributed by atoms with Gasteiger partial charge in [0, 0.05) is 30.2 Å². The van der Waals surface area contributed by atoms with Crippen LogP contribution in [0.1, 0.15) is 70.4 Å². The Morgan fingerprint density at radius 2 is 1.82 bits per heavy atom. The van der Waals surface area contributed by atoms with E-state index in [0.29, 0.717) is 28.6 Å². The van der Waals surface area contributed by atoms with E-state index >= 15 is 0 Å². The lowest BCUT2D eigenvalue weighted by atomic mass is 9.74. The van der Waals surface area contributed by atoms with Gasteiger partial charge >= 0.3 is 0 Å². The van der Waals surface area contributed by atoms with E-state index in [1.54, 1.807) is 13.1 Å². The Hall–Kier alpha value is -2.60. The third kappa shape index (κ3) is 6.50. The third-order valence-electron chi connectivity index (χ3n) is 6.00. The van der Waals surface area contributed by atoms with Crippen molar-refractivity contribution in [2.75, 3.05) is 24.3 Å². The fraction of sp³-hybridized carbons (Fsp3) is 0.481. The molecular formula is C27H36ClFN2O3. The molecule has 0 unspecified atom stereocenters. The number of amides is 1. The van der Waals surface area contributed by atoms with Gasteiger partial charge in [0.25, 0.3) is 0 Å². The Labute approximate surface area is 207 Å². The smallest absolute Gasteiger partial charge is 0.235 e. The lowest BCUT2D eigenvalue weighted by Gasteiger charge is -2.26. The fourth-order valence-corrected chi connectivity index (χ4v) is 4.62. The number of unbranched alkanes of at least 4 members (excludes halogenated alkanes) is 1. The number of halogens is 2. The van der Waals surface area contributed by atoms with Crippen LogP contribution in [0.2, 0.25) is 5.02 Å². The molecule has 3 rings (SSSR count). The van der Waals surface area contributed by atoms with Crippen LogP contribution < -0.4 is 15.4 Å². The molecule has 2 N–H and O–H groups in total. The lowest BCUT2D eigenvalue weighted by Crippen LogP contribution is -2.34. The number of anilines is 2. The molecule has 7 heteroatoms. The highest BCUT2D eigenvalue weighted by Crippen LogP contribution is 2.45. The Morgan fingerprint density at radius 1 is 1.12 bits per heavy atom. The van der Waals surface area contributed by atoms with Crippen molar-refractivity contribution in [2.45, 2.75) is 71.1 Å². The molecule has 1 amide bonds. The van der Waals surface area contributed by atoms with Crippen molar-refractivity contribution >= 4 is 35.2 Å². The largest absolute Gasteiger partial charge is 0.493 e. The zero-order valence-electron chi connectivity index (χ0n) is 20.6. The zero-order chi connectivity index (χ0) is 25.1. The molecule has 0 saturated carbocycles. The molecule has 0 aliphatic carbocycles. The fourth-order valence-electron chi connectivity index (χ4n) is 4.45. The SMILES string of the molecule is CCCC1(CCC)C(=O)Nc2ccc(Cl)cc21.CCCCOc1cc(F)c(NC)c(CC=O)c1. The van der Waals surface area contributed by atoms with Gasteiger partial charge in [-0.1, -0.05) is 51.6 Å². The molecule has 1 aliphatic rings. The van der Waals surface area contributed by atoms with Gasteiger partial charge in [0.05, 0.1) is 17.7 Å². The second-order valence-electron chi connectivity index (χ2n) is 8.49. The number of benzene rings is 2. The minimum atomic E-state index is -0.390. The maximum absolute atomic E-state index is 13.7. The number of aldehydes is 1. The van der Waals surface area contributed by atoms with Crippen LogP contribution in [0, 0.1) is 5.82 Å². The molecule has 0 atom stereocenters. The molecule has 186 valence electrons. The summed E-state index contributed by atoms with van der Waals surface area (Å²) in [4.78, 5) is 22.8. The summed E-state index contributed by atoms with van der Waals surface area (Å²) >= 11 is 6.06. The normalized spacial score (nSPS) is 13.4. The number of hydrogen-bond acceptors (Lipinski definition) is 4. The molecule has 0 fully saturated rings. The first-order valence-corrected chi connectivity index (χ1v) is 12.4. The number of hydrogen-bond donors (Lipinski definition) is 2. The van der Waals surface area contributed by atoms with Crippen LogP contribution >= 0.6 is 11.6 Å². The van der Waals surface area contributed by atoms with Gasteiger partial charge in [-0.25, -0.2) is 4.39 Å². The number of rotatable bonds is 11. The maximum Gasteiger partial charge on any atom is 0.235 e. The van der Waals surface area contributed by atoms with E-state index in [1.807, 2.05) is 18.2 Å². The van der Waals surface area contributed by atoms with Gasteiger partial charge in [0.15, 0.2) is 0 Å². The van der Waals surface area contributed by atoms with Crippen molar-refractivity contribution in [3.63, 3.8) is 0 Å². The molecular weight excluding hydrogens is 455 g/mol. The van der Waals surface area contributed by atoms with Crippen molar-refractivity contribution < 1.29 is 18.7 Å². The molecule has 1 heterocycles. The summed E-state index contributed by atoms with van der Waals surface area (Å²) in [5.41, 5.74) is 2.64. The number of ether oxygens (including phenoxy) is 1. The van der Waals surface area contributed by atoms with Crippen molar-refractivity contribution in [2.24, 2.45) is 0 Å². The maximum atomic E-state index is 13.7. The van der Waals surface area contributed by atoms with Crippen molar-refractivity contribution in [3.8, 4) is 5.75 Å². The van der Waals surface area contributed by atoms with Crippen LogP contribution in [-0.2, 0) is 21.4 Å². The second kappa shape index (κ2) is 13.3. The van der Waals surface area contributed by atoms with Crippen molar-refractivity contribution in [1.29, 1.82) is 0 Å². The highest BCUT2D eigenvalue weighted by Gasteiger charge is 2.45. The van der Waals surface area contributed by atoms with Crippen LogP contribution in [0.4, 0.5) is 15.8 Å². The first-order valence-electron chi connectivity index (χ1n) is 12.0. The van der Waals surface area contributed by atoms with Crippen LogP contribution in [0.25, 0.3) is 0 Å². The molecule has 0 spiro atoms. The van der Waals surface area contributed by atoms with E-state index in [4.69, 9.17) is 16.3 Å². The van der Waals surface area contributed by atoms with Gasteiger partial charge in [0.2, 0.25) is 5.91 Å². The van der Waals surface area contributed by atoms with E-state index in [2.05, 4.69) is 31.4 Å². The summed E-state index contributed by atoms with van der Waals surface area (Å²) in [5, 5.41) is 6.45. The first-order chi connectivity index (χ1) is 16.4. The van der Waals surface area contributed by atoms with Crippen LogP contribution in [0.3, 0.4) is 0 Å². The van der Waals surface area contributed by atoms with Crippen LogP contribution in [0.15, 0.2) is 30.3 Å². The van der Waals surface area contributed by atoms with Gasteiger partial charge in [-0.3, -0.25) is 4.79 Å². The minimum absolute atomic E-state index is 0.137. The van der Waals surface area contributed by atoms with E-state index in [1.165, 1.54) is 6.07 Å². The molecule has 0 bridgehead atoms. The Morgan fingerprint density at radius 3 is 2.41 bits per heavy atom. The van der Waals surface area contributed by atoms with Crippen molar-refractivity contribution in [3.05, 3.63) is 52.3 Å². The van der Waals surface area contributed by atoms with Gasteiger partial charge in [-0.2, -0.15) is 0 Å². The summed E-state index contributed by atoms with van der Waals surface area (Å²) < 4.78 is 19.1. The van der Waals surface area contributed by atoms with E-state index in [0.717, 1.165) is 56.1 Å². The van der Waals surface area contributed by atoms with Gasteiger partial charge in [-0.15, -0.1) is 0 Å². The Kier molecular flexibility index (Phi) is 10.8. The van der Waals surface area contributed by atoms with Gasteiger partial charge < -0.3 is 20.2 Å². The summed E-state index contributed by atoms with van der Waals surface area (Å²) in [6, 6.07) is 8.73. The number of carbonyl (C=O) groups is 2. The van der Waals surface area contributed by atoms with Gasteiger partial charge in [0.1, 0.15) is 17.9 Å². The molecule has 1 aliphatic heterocycles. The zero-order valence-corrected chi connectivity index (χ0v) is 21.4. The van der Waals surface area contributed by atoms with E-state index < -0.39 is 5.82 Å². The second-order valence-corrected chi connectivity index (χ2v) is 8.92. The molecule has 2 aromatic carbocycles. The topological polar surface area (TPSA) is 67.4 Å². The molecule has 2 aromatic rings. The Balaban J connectivity index is 0.000000240. The summed E-state index contributed by atoms with van der Waals surface area (Å²) in [5.74, 6) is 0.226. The monoisotopic (exact) mass is 490 g/mol. The third-order valence-corrected chi connectivity index (χ3v) is 6.23. The standard InChI is InChI=1S/C14H18ClNO.C13H18FNO2/c1-3-7-14(8-4-2)11-9-10(15)5-6-12(11)16-13(14)17;1-3-4-7-17-11-8-10(5-6-16)13(15-2)12(14)9-11/h5-6,9H,3-4,7-8H2,1-2H3,(H,16,17);6,8-9,15H,3-5,7H2,1-2H3. The van der Waals surface area contributed by atoms with Crippen LogP contribution in [0.5, 0.6) is 5.75 Å². The van der Waals surface area contributed by atoms with Gasteiger partial charge in [-0.05, 0) is 54.7 Å². The summed E-state index contributed by atoms with van der Waals surface area (Å²) in [6.45, 7) is 6.86. The van der Waals surface area contributed by atoms with Crippen molar-refractivity contribution in [1.82, 2.24) is 0 Å². The molecule has 5 nitrogen and oxygen atoms in total. The molecule has 0 aromatic heterocycles. The highest BCUT2D eigenvalue weighted by atomic mass is 35.5. The van der Waals surface area contributed by atoms with E-state index in [9.17, 15) is 14.0 Å². The average Bonchev–Trinajstić information content (AvgIpc) is 3.06. The lowest BCUT2D eigenvalue weighted by molar-refractivity contribution is -0.121. The number of carbonyl (C=O) groups excluding carboxylic acids is 2. The van der Waals surface area contributed by atoms with E-state index in [-0.39, 0.29) is 17.7 Å².